The predicted molar refractivity (Wildman–Crippen MR) is 100 cm³/mol. The van der Waals surface area contributed by atoms with Crippen LogP contribution in [0.25, 0.3) is 5.52 Å². The van der Waals surface area contributed by atoms with E-state index in [-0.39, 0.29) is 12.6 Å². The van der Waals surface area contributed by atoms with E-state index < -0.39 is 5.97 Å². The van der Waals surface area contributed by atoms with Crippen molar-refractivity contribution in [2.24, 2.45) is 0 Å². The molecule has 0 aliphatic carbocycles. The van der Waals surface area contributed by atoms with Gasteiger partial charge in [-0.05, 0) is 36.8 Å². The van der Waals surface area contributed by atoms with Crippen molar-refractivity contribution in [2.45, 2.75) is 13.5 Å². The molecule has 3 aromatic rings. The minimum atomic E-state index is -0.450. The van der Waals surface area contributed by atoms with E-state index in [4.69, 9.17) is 9.47 Å². The minimum Gasteiger partial charge on any atom is -0.497 e. The van der Waals surface area contributed by atoms with E-state index in [2.05, 4.69) is 15.7 Å². The molecule has 3 rings (SSSR count). The van der Waals surface area contributed by atoms with Crippen molar-refractivity contribution in [3.63, 3.8) is 0 Å². The summed E-state index contributed by atoms with van der Waals surface area (Å²) in [5, 5.41) is 9.64. The molecule has 2 amide bonds. The second-order valence-electron chi connectivity index (χ2n) is 5.68. The van der Waals surface area contributed by atoms with Crippen LogP contribution in [-0.4, -0.2) is 35.3 Å². The summed E-state index contributed by atoms with van der Waals surface area (Å²) in [6.45, 7) is 2.39. The number of rotatable bonds is 6. The van der Waals surface area contributed by atoms with Crippen molar-refractivity contribution in [3.8, 4) is 5.75 Å². The van der Waals surface area contributed by atoms with E-state index >= 15 is 0 Å². The highest BCUT2D eigenvalue weighted by Gasteiger charge is 2.14. The van der Waals surface area contributed by atoms with Gasteiger partial charge in [0, 0.05) is 18.4 Å². The van der Waals surface area contributed by atoms with Gasteiger partial charge in [-0.25, -0.2) is 14.1 Å². The SMILES string of the molecule is CCOC(=O)c1cnn2ccc(NC(=O)NCc3ccc(OC)cc3)cc12. The summed E-state index contributed by atoms with van der Waals surface area (Å²) < 4.78 is 11.7. The second-order valence-corrected chi connectivity index (χ2v) is 5.68. The lowest BCUT2D eigenvalue weighted by molar-refractivity contribution is 0.0528. The van der Waals surface area contributed by atoms with E-state index in [1.165, 1.54) is 6.20 Å². The molecular weight excluding hydrogens is 348 g/mol. The molecule has 0 saturated carbocycles. The van der Waals surface area contributed by atoms with Crippen LogP contribution in [0.4, 0.5) is 10.5 Å². The average Bonchev–Trinajstić information content (AvgIpc) is 3.10. The monoisotopic (exact) mass is 368 g/mol. The highest BCUT2D eigenvalue weighted by atomic mass is 16.5. The van der Waals surface area contributed by atoms with E-state index in [9.17, 15) is 9.59 Å². The number of ether oxygens (including phenoxy) is 2. The average molecular weight is 368 g/mol. The van der Waals surface area contributed by atoms with Crippen LogP contribution in [0.2, 0.25) is 0 Å². The first-order valence-electron chi connectivity index (χ1n) is 8.43. The Morgan fingerprint density at radius 2 is 1.96 bits per heavy atom. The van der Waals surface area contributed by atoms with Gasteiger partial charge in [0.05, 0.1) is 25.4 Å². The highest BCUT2D eigenvalue weighted by Crippen LogP contribution is 2.17. The van der Waals surface area contributed by atoms with Gasteiger partial charge in [-0.15, -0.1) is 0 Å². The molecule has 0 aliphatic heterocycles. The Labute approximate surface area is 156 Å². The van der Waals surface area contributed by atoms with Crippen molar-refractivity contribution in [1.29, 1.82) is 0 Å². The summed E-state index contributed by atoms with van der Waals surface area (Å²) in [6.07, 6.45) is 3.11. The molecule has 2 heterocycles. The Morgan fingerprint density at radius 1 is 1.19 bits per heavy atom. The van der Waals surface area contributed by atoms with Crippen LogP contribution in [0.5, 0.6) is 5.75 Å². The van der Waals surface area contributed by atoms with Gasteiger partial charge >= 0.3 is 12.0 Å². The van der Waals surface area contributed by atoms with Crippen LogP contribution >= 0.6 is 0 Å². The maximum atomic E-state index is 12.1. The van der Waals surface area contributed by atoms with Gasteiger partial charge in [-0.3, -0.25) is 0 Å². The van der Waals surface area contributed by atoms with E-state index in [0.29, 0.717) is 23.3 Å². The molecule has 0 fully saturated rings. The first-order chi connectivity index (χ1) is 13.1. The number of anilines is 1. The summed E-state index contributed by atoms with van der Waals surface area (Å²) >= 11 is 0. The lowest BCUT2D eigenvalue weighted by Crippen LogP contribution is -2.28. The van der Waals surface area contributed by atoms with Gasteiger partial charge in [0.2, 0.25) is 0 Å². The second kappa shape index (κ2) is 8.22. The number of fused-ring (bicyclic) bond motifs is 1. The molecule has 8 heteroatoms. The van der Waals surface area contributed by atoms with Crippen LogP contribution in [0.3, 0.4) is 0 Å². The molecule has 0 aliphatic rings. The molecule has 140 valence electrons. The smallest absolute Gasteiger partial charge is 0.341 e. The van der Waals surface area contributed by atoms with Gasteiger partial charge < -0.3 is 20.1 Å². The zero-order valence-electron chi connectivity index (χ0n) is 15.1. The topological polar surface area (TPSA) is 94.0 Å². The number of hydrogen-bond donors (Lipinski definition) is 2. The standard InChI is InChI=1S/C19H20N4O4/c1-3-27-18(24)16-12-21-23-9-8-14(10-17(16)23)22-19(25)20-11-13-4-6-15(26-2)7-5-13/h4-10,12H,3,11H2,1-2H3,(H2,20,22,25). The van der Waals surface area contributed by atoms with Crippen LogP contribution in [0.1, 0.15) is 22.8 Å². The number of urea groups is 1. The molecule has 1 aromatic carbocycles. The van der Waals surface area contributed by atoms with Crippen molar-refractivity contribution >= 4 is 23.2 Å². The van der Waals surface area contributed by atoms with Crippen molar-refractivity contribution in [1.82, 2.24) is 14.9 Å². The molecule has 0 bridgehead atoms. The highest BCUT2D eigenvalue weighted by molar-refractivity contribution is 5.98. The number of nitrogens with zero attached hydrogens (tertiary/aromatic N) is 2. The third-order valence-corrected chi connectivity index (χ3v) is 3.89. The Hall–Kier alpha value is -3.55. The Bertz CT molecular complexity index is 950. The van der Waals surface area contributed by atoms with E-state index in [1.54, 1.807) is 36.9 Å². The number of aromatic nitrogens is 2. The summed E-state index contributed by atoms with van der Waals surface area (Å²) in [4.78, 5) is 24.1. The van der Waals surface area contributed by atoms with Crippen molar-refractivity contribution in [2.75, 3.05) is 19.0 Å². The number of benzene rings is 1. The molecule has 27 heavy (non-hydrogen) atoms. The fourth-order valence-electron chi connectivity index (χ4n) is 2.53. The van der Waals surface area contributed by atoms with Crippen molar-refractivity contribution in [3.05, 3.63) is 59.9 Å². The van der Waals surface area contributed by atoms with Crippen LogP contribution in [0, 0.1) is 0 Å². The summed E-state index contributed by atoms with van der Waals surface area (Å²) in [6, 6.07) is 10.4. The number of carbonyl (C=O) groups excluding carboxylic acids is 2. The number of carbonyl (C=O) groups is 2. The maximum absolute atomic E-state index is 12.1. The quantitative estimate of drug-likeness (QED) is 0.653. The zero-order valence-corrected chi connectivity index (χ0v) is 15.1. The fourth-order valence-corrected chi connectivity index (χ4v) is 2.53. The van der Waals surface area contributed by atoms with Gasteiger partial charge in [-0.2, -0.15) is 5.10 Å². The summed E-state index contributed by atoms with van der Waals surface area (Å²) in [5.41, 5.74) is 2.39. The molecule has 0 atom stereocenters. The lowest BCUT2D eigenvalue weighted by Gasteiger charge is -2.09. The molecule has 0 radical (unpaired) electrons. The Kier molecular flexibility index (Phi) is 5.55. The lowest BCUT2D eigenvalue weighted by atomic mass is 10.2. The zero-order chi connectivity index (χ0) is 19.2. The number of esters is 1. The van der Waals surface area contributed by atoms with Crippen LogP contribution in [0.15, 0.2) is 48.8 Å². The Balaban J connectivity index is 1.65. The predicted octanol–water partition coefficient (Wildman–Crippen LogP) is 2.84. The molecule has 0 unspecified atom stereocenters. The first kappa shape index (κ1) is 18.2. The third-order valence-electron chi connectivity index (χ3n) is 3.89. The molecule has 8 nitrogen and oxygen atoms in total. The number of methoxy groups -OCH3 is 1. The van der Waals surface area contributed by atoms with Crippen LogP contribution < -0.4 is 15.4 Å². The molecule has 0 saturated heterocycles. The number of nitrogens with one attached hydrogen (secondary N) is 2. The molecule has 2 N–H and O–H groups in total. The van der Waals surface area contributed by atoms with Gasteiger partial charge in [-0.1, -0.05) is 12.1 Å². The summed E-state index contributed by atoms with van der Waals surface area (Å²) in [5.74, 6) is 0.309. The normalized spacial score (nSPS) is 10.4. The van der Waals surface area contributed by atoms with E-state index in [0.717, 1.165) is 11.3 Å². The minimum absolute atomic E-state index is 0.280. The first-order valence-corrected chi connectivity index (χ1v) is 8.43. The van der Waals surface area contributed by atoms with Crippen LogP contribution in [-0.2, 0) is 11.3 Å². The van der Waals surface area contributed by atoms with Crippen molar-refractivity contribution < 1.29 is 19.1 Å². The number of amides is 2. The molecule has 0 spiro atoms. The number of pyridine rings is 1. The maximum Gasteiger partial charge on any atom is 0.341 e. The largest absolute Gasteiger partial charge is 0.497 e. The fraction of sp³-hybridized carbons (Fsp3) is 0.211. The van der Waals surface area contributed by atoms with Gasteiger partial charge in [0.25, 0.3) is 0 Å². The summed E-state index contributed by atoms with van der Waals surface area (Å²) in [7, 11) is 1.60. The number of hydrogen-bond acceptors (Lipinski definition) is 5. The third kappa shape index (κ3) is 4.35. The Morgan fingerprint density at radius 3 is 2.67 bits per heavy atom. The molecular formula is C19H20N4O4. The molecule has 2 aromatic heterocycles. The van der Waals surface area contributed by atoms with E-state index in [1.807, 2.05) is 24.3 Å². The van der Waals surface area contributed by atoms with Gasteiger partial charge in [0.1, 0.15) is 11.3 Å². The van der Waals surface area contributed by atoms with Gasteiger partial charge in [0.15, 0.2) is 0 Å².